The number of hydrogen-bond acceptors (Lipinski definition) is 4. The number of alkyl halides is 3. The molecule has 0 aliphatic rings. The van der Waals surface area contributed by atoms with Gasteiger partial charge in [-0.15, -0.1) is 0 Å². The number of carbonyl (C=O) groups is 1. The topological polar surface area (TPSA) is 52.6 Å². The van der Waals surface area contributed by atoms with Crippen molar-refractivity contribution in [1.29, 1.82) is 0 Å². The Bertz CT molecular complexity index is 189. The molecule has 0 amide bonds. The van der Waals surface area contributed by atoms with Crippen molar-refractivity contribution < 1.29 is 31.8 Å². The van der Waals surface area contributed by atoms with Crippen molar-refractivity contribution in [2.24, 2.45) is 0 Å². The van der Waals surface area contributed by atoms with Gasteiger partial charge >= 0.3 is 11.9 Å². The van der Waals surface area contributed by atoms with Gasteiger partial charge in [0, 0.05) is 0 Å². The van der Waals surface area contributed by atoms with E-state index in [0.717, 1.165) is 7.11 Å². The summed E-state index contributed by atoms with van der Waals surface area (Å²) in [6, 6.07) is 0. The van der Waals surface area contributed by atoms with Gasteiger partial charge in [-0.3, -0.25) is 4.57 Å². The van der Waals surface area contributed by atoms with Crippen LogP contribution in [0.2, 0.25) is 0 Å². The molecule has 8 heteroatoms. The maximum Gasteiger partial charge on any atom is 0.412 e. The lowest BCUT2D eigenvalue weighted by atomic mass is 10.7. The molecule has 0 aromatic rings. The van der Waals surface area contributed by atoms with Crippen molar-refractivity contribution >= 4 is 13.7 Å². The lowest BCUT2D eigenvalue weighted by Crippen LogP contribution is -2.15. The van der Waals surface area contributed by atoms with Gasteiger partial charge in [0.2, 0.25) is 0 Å². The summed E-state index contributed by atoms with van der Waals surface area (Å²) in [4.78, 5) is 10.2. The Labute approximate surface area is 66.5 Å². The van der Waals surface area contributed by atoms with E-state index in [1.165, 1.54) is 0 Å². The molecule has 0 aromatic heterocycles. The molecule has 0 spiro atoms. The zero-order valence-electron chi connectivity index (χ0n) is 5.97. The number of methoxy groups -OCH3 is 1. The quantitative estimate of drug-likeness (QED) is 0.660. The first-order chi connectivity index (χ1) is 5.37. The minimum Gasteiger partial charge on any atom is -0.462 e. The molecular formula is C4H6F3O4P. The van der Waals surface area contributed by atoms with Crippen molar-refractivity contribution in [3.8, 4) is 0 Å². The predicted molar refractivity (Wildman–Crippen MR) is 33.4 cm³/mol. The second-order valence-electron chi connectivity index (χ2n) is 1.68. The van der Waals surface area contributed by atoms with Crippen molar-refractivity contribution in [3.05, 3.63) is 0 Å². The molecule has 0 bridgehead atoms. The molecule has 0 aromatic carbocycles. The fourth-order valence-electron chi connectivity index (χ4n) is 0.290. The molecule has 0 heterocycles. The van der Waals surface area contributed by atoms with Gasteiger partial charge in [0.15, 0.2) is 6.61 Å². The Kier molecular flexibility index (Phi) is 4.26. The van der Waals surface area contributed by atoms with Crippen LogP contribution in [0.5, 0.6) is 0 Å². The molecule has 0 rings (SSSR count). The highest BCUT2D eigenvalue weighted by atomic mass is 31.1. The summed E-state index contributed by atoms with van der Waals surface area (Å²) in [6.07, 6.45) is -4.59. The summed E-state index contributed by atoms with van der Waals surface area (Å²) in [5, 5.41) is 0. The van der Waals surface area contributed by atoms with E-state index in [4.69, 9.17) is 0 Å². The lowest BCUT2D eigenvalue weighted by molar-refractivity contribution is -0.152. The number of ether oxygens (including phenoxy) is 1. The first kappa shape index (κ1) is 11.4. The summed E-state index contributed by atoms with van der Waals surface area (Å²) in [6.45, 7) is -1.71. The summed E-state index contributed by atoms with van der Waals surface area (Å²) in [5.41, 5.74) is -1.27. The molecule has 0 N–H and O–H groups in total. The third-order valence-electron chi connectivity index (χ3n) is 0.719. The van der Waals surface area contributed by atoms with Gasteiger partial charge in [0.1, 0.15) is 0 Å². The minimum atomic E-state index is -4.59. The zero-order chi connectivity index (χ0) is 9.78. The van der Waals surface area contributed by atoms with Crippen LogP contribution in [0.1, 0.15) is 0 Å². The Morgan fingerprint density at radius 3 is 2.33 bits per heavy atom. The Morgan fingerprint density at radius 2 is 2.00 bits per heavy atom. The van der Waals surface area contributed by atoms with Crippen molar-refractivity contribution in [3.63, 3.8) is 0 Å². The van der Waals surface area contributed by atoms with Crippen LogP contribution in [0, 0.1) is 0 Å². The highest BCUT2D eigenvalue weighted by molar-refractivity contribution is 7.58. The van der Waals surface area contributed by atoms with Crippen LogP contribution in [-0.4, -0.2) is 25.6 Å². The SMILES string of the molecule is COC(=O)[PH](=O)OCC(F)(F)F. The maximum atomic E-state index is 11.4. The van der Waals surface area contributed by atoms with Crippen LogP contribution in [0.15, 0.2) is 0 Å². The first-order valence-electron chi connectivity index (χ1n) is 2.68. The summed E-state index contributed by atoms with van der Waals surface area (Å²) in [5.74, 6) is 0. The van der Waals surface area contributed by atoms with Gasteiger partial charge in [0.25, 0.3) is 8.03 Å². The number of rotatable bonds is 3. The second-order valence-corrected chi connectivity index (χ2v) is 2.95. The van der Waals surface area contributed by atoms with E-state index in [-0.39, 0.29) is 0 Å². The van der Waals surface area contributed by atoms with E-state index in [2.05, 4.69) is 9.26 Å². The van der Waals surface area contributed by atoms with Gasteiger partial charge in [0.05, 0.1) is 7.11 Å². The predicted octanol–water partition coefficient (Wildman–Crippen LogP) is 1.81. The number of halogens is 3. The molecule has 0 aliphatic carbocycles. The molecule has 0 aliphatic heterocycles. The van der Waals surface area contributed by atoms with E-state index in [1.807, 2.05) is 0 Å². The zero-order valence-corrected chi connectivity index (χ0v) is 6.97. The molecule has 0 saturated heterocycles. The van der Waals surface area contributed by atoms with E-state index >= 15 is 0 Å². The molecule has 1 atom stereocenters. The normalized spacial score (nSPS) is 14.0. The standard InChI is InChI=1S/C4H6F3O4P/c1-10-3(8)12(9)11-2-4(5,6)7/h12H,2H2,1H3. The lowest BCUT2D eigenvalue weighted by Gasteiger charge is -2.05. The van der Waals surface area contributed by atoms with Crippen molar-refractivity contribution in [2.75, 3.05) is 13.7 Å². The van der Waals surface area contributed by atoms with Crippen molar-refractivity contribution in [2.45, 2.75) is 6.18 Å². The molecule has 4 nitrogen and oxygen atoms in total. The summed E-state index contributed by atoms with van der Waals surface area (Å²) in [7, 11) is -2.48. The first-order valence-corrected chi connectivity index (χ1v) is 4.00. The Morgan fingerprint density at radius 1 is 1.50 bits per heavy atom. The molecular weight excluding hydrogens is 200 g/mol. The maximum absolute atomic E-state index is 11.4. The average Bonchev–Trinajstić information content (AvgIpc) is 1.97. The van der Waals surface area contributed by atoms with E-state index in [0.29, 0.717) is 0 Å². The molecule has 0 fully saturated rings. The van der Waals surface area contributed by atoms with Crippen LogP contribution >= 0.6 is 8.03 Å². The van der Waals surface area contributed by atoms with Gasteiger partial charge in [-0.05, 0) is 0 Å². The summed E-state index contributed by atoms with van der Waals surface area (Å²) >= 11 is 0. The molecule has 12 heavy (non-hydrogen) atoms. The van der Waals surface area contributed by atoms with Gasteiger partial charge < -0.3 is 9.26 Å². The largest absolute Gasteiger partial charge is 0.462 e. The van der Waals surface area contributed by atoms with Crippen LogP contribution < -0.4 is 0 Å². The molecule has 0 saturated carbocycles. The van der Waals surface area contributed by atoms with Gasteiger partial charge in [-0.25, -0.2) is 4.79 Å². The van der Waals surface area contributed by atoms with E-state index in [1.54, 1.807) is 0 Å². The Hall–Kier alpha value is -0.550. The highest BCUT2D eigenvalue weighted by Crippen LogP contribution is 2.28. The monoisotopic (exact) mass is 206 g/mol. The van der Waals surface area contributed by atoms with Crippen LogP contribution in [0.4, 0.5) is 18.0 Å². The van der Waals surface area contributed by atoms with Gasteiger partial charge in [-0.1, -0.05) is 0 Å². The third kappa shape index (κ3) is 5.15. The fraction of sp³-hybridized carbons (Fsp3) is 0.750. The molecule has 1 unspecified atom stereocenters. The van der Waals surface area contributed by atoms with Crippen LogP contribution in [-0.2, 0) is 13.8 Å². The average molecular weight is 206 g/mol. The second kappa shape index (κ2) is 4.47. The minimum absolute atomic E-state index is 0.905. The van der Waals surface area contributed by atoms with Gasteiger partial charge in [-0.2, -0.15) is 13.2 Å². The molecule has 72 valence electrons. The fourth-order valence-corrected chi connectivity index (χ4v) is 0.869. The summed E-state index contributed by atoms with van der Waals surface area (Å²) < 4.78 is 52.1. The number of carbonyl (C=O) groups excluding carboxylic acids is 1. The smallest absolute Gasteiger partial charge is 0.412 e. The third-order valence-corrected chi connectivity index (χ3v) is 1.66. The van der Waals surface area contributed by atoms with Crippen molar-refractivity contribution in [1.82, 2.24) is 0 Å². The number of hydrogen-bond donors (Lipinski definition) is 0. The van der Waals surface area contributed by atoms with Crippen LogP contribution in [0.3, 0.4) is 0 Å². The Balaban J connectivity index is 3.80. The van der Waals surface area contributed by atoms with E-state index in [9.17, 15) is 22.5 Å². The highest BCUT2D eigenvalue weighted by Gasteiger charge is 2.29. The van der Waals surface area contributed by atoms with E-state index < -0.39 is 26.5 Å². The molecule has 0 radical (unpaired) electrons. The van der Waals surface area contributed by atoms with Crippen LogP contribution in [0.25, 0.3) is 0 Å².